The lowest BCUT2D eigenvalue weighted by Crippen LogP contribution is -2.38. The fraction of sp³-hybridized carbons (Fsp3) is 0.417. The van der Waals surface area contributed by atoms with Crippen LogP contribution in [0.1, 0.15) is 17.9 Å². The first-order valence-corrected chi connectivity index (χ1v) is 5.31. The van der Waals surface area contributed by atoms with Crippen LogP contribution >= 0.6 is 0 Å². The van der Waals surface area contributed by atoms with Crippen LogP contribution in [0.15, 0.2) is 18.2 Å². The van der Waals surface area contributed by atoms with Crippen LogP contribution in [-0.4, -0.2) is 30.8 Å². The van der Waals surface area contributed by atoms with Gasteiger partial charge in [-0.2, -0.15) is 0 Å². The third kappa shape index (κ3) is 1.76. The van der Waals surface area contributed by atoms with Crippen LogP contribution in [0.25, 0.3) is 0 Å². The first kappa shape index (κ1) is 11.9. The number of nitrogens with one attached hydrogen (secondary N) is 1. The maximum absolute atomic E-state index is 13.2. The molecule has 0 aromatic heterocycles. The molecule has 92 valence electrons. The van der Waals surface area contributed by atoms with Gasteiger partial charge in [-0.3, -0.25) is 4.79 Å². The molecule has 1 saturated carbocycles. The van der Waals surface area contributed by atoms with Crippen LogP contribution in [0, 0.1) is 5.82 Å². The highest BCUT2D eigenvalue weighted by Crippen LogP contribution is 2.53. The van der Waals surface area contributed by atoms with Gasteiger partial charge in [-0.05, 0) is 31.7 Å². The van der Waals surface area contributed by atoms with Crippen LogP contribution in [0.5, 0.6) is 5.75 Å². The van der Waals surface area contributed by atoms with Gasteiger partial charge in [0.2, 0.25) is 0 Å². The molecule has 4 nitrogen and oxygen atoms in total. The number of carboxylic acid groups (broad SMARTS) is 1. The molecule has 0 spiro atoms. The van der Waals surface area contributed by atoms with E-state index in [0.29, 0.717) is 17.7 Å². The Hall–Kier alpha value is -1.62. The van der Waals surface area contributed by atoms with Crippen LogP contribution in [0.3, 0.4) is 0 Å². The lowest BCUT2D eigenvalue weighted by molar-refractivity contribution is -0.140. The quantitative estimate of drug-likeness (QED) is 0.833. The van der Waals surface area contributed by atoms with Crippen LogP contribution in [-0.2, 0) is 4.79 Å². The molecule has 0 heterocycles. The van der Waals surface area contributed by atoms with Gasteiger partial charge in [0.1, 0.15) is 17.1 Å². The molecule has 0 bridgehead atoms. The SMILES string of the molecule is CNC1(C(=O)O)CC1c1cc(F)ccc1OC. The molecule has 1 aliphatic rings. The number of aliphatic carboxylic acids is 1. The molecule has 2 rings (SSSR count). The third-order valence-electron chi connectivity index (χ3n) is 3.36. The molecular formula is C12H14FNO3. The van der Waals surface area contributed by atoms with Gasteiger partial charge in [0.25, 0.3) is 0 Å². The summed E-state index contributed by atoms with van der Waals surface area (Å²) in [6, 6.07) is 4.16. The Morgan fingerprint density at radius 2 is 2.35 bits per heavy atom. The lowest BCUT2D eigenvalue weighted by Gasteiger charge is -2.13. The minimum Gasteiger partial charge on any atom is -0.496 e. The Labute approximate surface area is 98.4 Å². The van der Waals surface area contributed by atoms with E-state index in [0.717, 1.165) is 0 Å². The third-order valence-corrected chi connectivity index (χ3v) is 3.36. The predicted octanol–water partition coefficient (Wildman–Crippen LogP) is 1.36. The van der Waals surface area contributed by atoms with Crippen LogP contribution in [0.4, 0.5) is 4.39 Å². The predicted molar refractivity (Wildman–Crippen MR) is 59.7 cm³/mol. The second-order valence-electron chi connectivity index (χ2n) is 4.17. The van der Waals surface area contributed by atoms with Crippen molar-refractivity contribution in [3.8, 4) is 5.75 Å². The fourth-order valence-corrected chi connectivity index (χ4v) is 2.24. The van der Waals surface area contributed by atoms with E-state index in [1.54, 1.807) is 7.05 Å². The van der Waals surface area contributed by atoms with Crippen molar-refractivity contribution >= 4 is 5.97 Å². The zero-order valence-corrected chi connectivity index (χ0v) is 9.66. The van der Waals surface area contributed by atoms with E-state index in [4.69, 9.17) is 4.74 Å². The maximum Gasteiger partial charge on any atom is 0.324 e. The van der Waals surface area contributed by atoms with Gasteiger partial charge in [-0.25, -0.2) is 4.39 Å². The number of ether oxygens (including phenoxy) is 1. The number of hydrogen-bond acceptors (Lipinski definition) is 3. The molecule has 2 atom stereocenters. The first-order chi connectivity index (χ1) is 8.05. The number of carbonyl (C=O) groups is 1. The highest BCUT2D eigenvalue weighted by Gasteiger charge is 2.61. The summed E-state index contributed by atoms with van der Waals surface area (Å²) in [4.78, 5) is 11.2. The summed E-state index contributed by atoms with van der Waals surface area (Å²) < 4.78 is 18.3. The number of methoxy groups -OCH3 is 1. The van der Waals surface area contributed by atoms with E-state index < -0.39 is 11.5 Å². The molecule has 0 aliphatic heterocycles. The largest absolute Gasteiger partial charge is 0.496 e. The van der Waals surface area contributed by atoms with Gasteiger partial charge in [-0.15, -0.1) is 0 Å². The van der Waals surface area contributed by atoms with Crippen molar-refractivity contribution in [3.05, 3.63) is 29.6 Å². The van der Waals surface area contributed by atoms with Crippen LogP contribution in [0.2, 0.25) is 0 Å². The molecule has 1 fully saturated rings. The average molecular weight is 239 g/mol. The van der Waals surface area contributed by atoms with E-state index in [2.05, 4.69) is 5.32 Å². The normalized spacial score (nSPS) is 26.6. The Morgan fingerprint density at radius 1 is 1.65 bits per heavy atom. The van der Waals surface area contributed by atoms with E-state index in [9.17, 15) is 14.3 Å². The van der Waals surface area contributed by atoms with Crippen molar-refractivity contribution in [2.24, 2.45) is 0 Å². The molecule has 2 N–H and O–H groups in total. The first-order valence-electron chi connectivity index (χ1n) is 5.31. The molecule has 0 radical (unpaired) electrons. The number of halogens is 1. The zero-order valence-electron chi connectivity index (χ0n) is 9.66. The number of rotatable bonds is 4. The Balaban J connectivity index is 2.37. The summed E-state index contributed by atoms with van der Waals surface area (Å²) in [5.41, 5.74) is -0.384. The number of likely N-dealkylation sites (N-methyl/N-ethyl adjacent to an activating group) is 1. The second-order valence-corrected chi connectivity index (χ2v) is 4.17. The van der Waals surface area contributed by atoms with E-state index in [1.807, 2.05) is 0 Å². The second kappa shape index (κ2) is 4.00. The molecule has 0 amide bonds. The summed E-state index contributed by atoms with van der Waals surface area (Å²) >= 11 is 0. The molecule has 2 unspecified atom stereocenters. The van der Waals surface area contributed by atoms with Crippen molar-refractivity contribution in [2.75, 3.05) is 14.2 Å². The highest BCUT2D eigenvalue weighted by molar-refractivity contribution is 5.85. The molecule has 0 saturated heterocycles. The fourth-order valence-electron chi connectivity index (χ4n) is 2.24. The Kier molecular flexibility index (Phi) is 2.79. The monoisotopic (exact) mass is 239 g/mol. The van der Waals surface area contributed by atoms with Crippen LogP contribution < -0.4 is 10.1 Å². The summed E-state index contributed by atoms with van der Waals surface area (Å²) in [6.45, 7) is 0. The number of benzene rings is 1. The standard InChI is InChI=1S/C12H14FNO3/c1-14-12(11(15)16)6-9(12)8-5-7(13)3-4-10(8)17-2/h3-5,9,14H,6H2,1-2H3,(H,15,16). The molecule has 1 aromatic rings. The summed E-state index contributed by atoms with van der Waals surface area (Å²) in [7, 11) is 3.08. The molecule has 1 aliphatic carbocycles. The summed E-state index contributed by atoms with van der Waals surface area (Å²) in [5, 5.41) is 12.0. The lowest BCUT2D eigenvalue weighted by atomic mass is 10.0. The van der Waals surface area contributed by atoms with Crippen molar-refractivity contribution in [2.45, 2.75) is 17.9 Å². The minimum atomic E-state index is -0.985. The molecular weight excluding hydrogens is 225 g/mol. The number of hydrogen-bond donors (Lipinski definition) is 2. The molecule has 1 aromatic carbocycles. The summed E-state index contributed by atoms with van der Waals surface area (Å²) in [5.74, 6) is -1.04. The molecule has 17 heavy (non-hydrogen) atoms. The van der Waals surface area contributed by atoms with Gasteiger partial charge in [0, 0.05) is 11.5 Å². The van der Waals surface area contributed by atoms with Gasteiger partial charge < -0.3 is 15.2 Å². The van der Waals surface area contributed by atoms with Gasteiger partial charge in [0.05, 0.1) is 7.11 Å². The van der Waals surface area contributed by atoms with Gasteiger partial charge in [-0.1, -0.05) is 0 Å². The van der Waals surface area contributed by atoms with Gasteiger partial charge >= 0.3 is 5.97 Å². The van der Waals surface area contributed by atoms with Crippen molar-refractivity contribution in [1.29, 1.82) is 0 Å². The maximum atomic E-state index is 13.2. The summed E-state index contributed by atoms with van der Waals surface area (Å²) in [6.07, 6.45) is 0.443. The minimum absolute atomic E-state index is 0.254. The van der Waals surface area contributed by atoms with E-state index in [-0.39, 0.29) is 11.7 Å². The van der Waals surface area contributed by atoms with Gasteiger partial charge in [0.15, 0.2) is 0 Å². The van der Waals surface area contributed by atoms with Crippen molar-refractivity contribution in [1.82, 2.24) is 5.32 Å². The smallest absolute Gasteiger partial charge is 0.324 e. The molecule has 5 heteroatoms. The Morgan fingerprint density at radius 3 is 2.82 bits per heavy atom. The Bertz CT molecular complexity index is 463. The van der Waals surface area contributed by atoms with Crippen molar-refractivity contribution in [3.63, 3.8) is 0 Å². The number of carboxylic acids is 1. The zero-order chi connectivity index (χ0) is 12.6. The van der Waals surface area contributed by atoms with E-state index in [1.165, 1.54) is 25.3 Å². The highest BCUT2D eigenvalue weighted by atomic mass is 19.1. The average Bonchev–Trinajstić information content (AvgIpc) is 3.04. The topological polar surface area (TPSA) is 58.6 Å². The van der Waals surface area contributed by atoms with Crippen molar-refractivity contribution < 1.29 is 19.0 Å². The van der Waals surface area contributed by atoms with E-state index >= 15 is 0 Å².